The fourth-order valence-corrected chi connectivity index (χ4v) is 2.27. The average molecular weight is 370 g/mol. The van der Waals surface area contributed by atoms with Crippen molar-refractivity contribution in [1.29, 1.82) is 0 Å². The summed E-state index contributed by atoms with van der Waals surface area (Å²) in [5.41, 5.74) is 0.705. The fraction of sp³-hybridized carbons (Fsp3) is 0.200. The Morgan fingerprint density at radius 2 is 1.81 bits per heavy atom. The summed E-state index contributed by atoms with van der Waals surface area (Å²) in [5, 5.41) is 23.7. The zero-order chi connectivity index (χ0) is 19.6. The molecule has 142 valence electrons. The second-order valence-electron chi connectivity index (χ2n) is 5.51. The molecule has 0 saturated carbocycles. The summed E-state index contributed by atoms with van der Waals surface area (Å²) in [4.78, 5) is 24.8. The van der Waals surface area contributed by atoms with Gasteiger partial charge in [-0.3, -0.25) is 9.59 Å². The molecule has 2 rings (SSSR count). The van der Waals surface area contributed by atoms with Gasteiger partial charge < -0.3 is 25.6 Å². The van der Waals surface area contributed by atoms with Gasteiger partial charge in [-0.25, -0.2) is 0 Å². The highest BCUT2D eigenvalue weighted by Crippen LogP contribution is 2.17. The molecule has 7 nitrogen and oxygen atoms in total. The number of para-hydroxylation sites is 1. The van der Waals surface area contributed by atoms with Gasteiger partial charge in [0.1, 0.15) is 17.2 Å². The van der Waals surface area contributed by atoms with E-state index in [1.165, 1.54) is 18.2 Å². The molecular formula is C20H22N2O5. The number of phenolic OH excluding ortho intramolecular Hbond substituents is 1. The summed E-state index contributed by atoms with van der Waals surface area (Å²) in [6.07, 6.45) is 1.50. The molecule has 7 heteroatoms. The number of carbonyl (C=O) groups is 2. The molecule has 2 aromatic carbocycles. The van der Waals surface area contributed by atoms with Crippen molar-refractivity contribution < 1.29 is 24.5 Å². The highest BCUT2D eigenvalue weighted by atomic mass is 16.5. The number of carbonyl (C=O) groups excluding carboxylic acids is 2. The van der Waals surface area contributed by atoms with Gasteiger partial charge >= 0.3 is 0 Å². The van der Waals surface area contributed by atoms with E-state index in [-0.39, 0.29) is 30.2 Å². The molecule has 2 aromatic rings. The first-order chi connectivity index (χ1) is 13.0. The highest BCUT2D eigenvalue weighted by Gasteiger charge is 2.16. The second kappa shape index (κ2) is 9.98. The van der Waals surface area contributed by atoms with Crippen LogP contribution < -0.4 is 15.4 Å². The van der Waals surface area contributed by atoms with Crippen LogP contribution in [0, 0.1) is 0 Å². The lowest BCUT2D eigenvalue weighted by atomic mass is 10.1. The molecule has 0 aliphatic heterocycles. The van der Waals surface area contributed by atoms with Crippen LogP contribution in [0.15, 0.2) is 54.2 Å². The fourth-order valence-electron chi connectivity index (χ4n) is 2.27. The third-order valence-electron chi connectivity index (χ3n) is 3.54. The first-order valence-corrected chi connectivity index (χ1v) is 8.48. The van der Waals surface area contributed by atoms with Crippen molar-refractivity contribution >= 4 is 17.9 Å². The third-order valence-corrected chi connectivity index (χ3v) is 3.54. The minimum Gasteiger partial charge on any atom is -0.507 e. The van der Waals surface area contributed by atoms with E-state index in [4.69, 9.17) is 9.84 Å². The minimum atomic E-state index is -0.621. The molecule has 0 aliphatic carbocycles. The number of aliphatic hydroxyl groups is 1. The number of rotatable bonds is 8. The second-order valence-corrected chi connectivity index (χ2v) is 5.51. The van der Waals surface area contributed by atoms with Crippen molar-refractivity contribution in [1.82, 2.24) is 10.6 Å². The number of hydrogen-bond donors (Lipinski definition) is 4. The van der Waals surface area contributed by atoms with Crippen molar-refractivity contribution in [2.75, 3.05) is 19.8 Å². The zero-order valence-electron chi connectivity index (χ0n) is 14.9. The molecule has 0 saturated heterocycles. The van der Waals surface area contributed by atoms with Crippen LogP contribution in [0.4, 0.5) is 0 Å². The largest absolute Gasteiger partial charge is 0.507 e. The van der Waals surface area contributed by atoms with Crippen LogP contribution in [0.25, 0.3) is 6.08 Å². The Morgan fingerprint density at radius 1 is 1.11 bits per heavy atom. The van der Waals surface area contributed by atoms with E-state index in [1.807, 2.05) is 6.92 Å². The Balaban J connectivity index is 2.26. The Morgan fingerprint density at radius 3 is 2.44 bits per heavy atom. The summed E-state index contributed by atoms with van der Waals surface area (Å²) in [5.74, 6) is -0.670. The standard InChI is InChI=1S/C20H22N2O5/c1-2-27-15-9-7-14(8-10-15)13-17(20(26)21-11-12-23)22-19(25)16-5-3-4-6-18(16)24/h3-10,13,23-24H,2,11-12H2,1H3,(H,21,26)(H,22,25)/b17-13+. The molecule has 0 radical (unpaired) electrons. The lowest BCUT2D eigenvalue weighted by Gasteiger charge is -2.11. The Labute approximate surface area is 157 Å². The predicted molar refractivity (Wildman–Crippen MR) is 101 cm³/mol. The van der Waals surface area contributed by atoms with Crippen LogP contribution in [-0.2, 0) is 4.79 Å². The molecule has 0 fully saturated rings. The van der Waals surface area contributed by atoms with E-state index in [9.17, 15) is 14.7 Å². The molecule has 0 spiro atoms. The van der Waals surface area contributed by atoms with Crippen molar-refractivity contribution in [3.8, 4) is 11.5 Å². The van der Waals surface area contributed by atoms with Crippen molar-refractivity contribution in [3.63, 3.8) is 0 Å². The van der Waals surface area contributed by atoms with Gasteiger partial charge in [-0.2, -0.15) is 0 Å². The van der Waals surface area contributed by atoms with Crippen LogP contribution in [0.1, 0.15) is 22.8 Å². The van der Waals surface area contributed by atoms with Gasteiger partial charge in [0.05, 0.1) is 18.8 Å². The smallest absolute Gasteiger partial charge is 0.267 e. The van der Waals surface area contributed by atoms with Crippen LogP contribution in [-0.4, -0.2) is 41.8 Å². The summed E-state index contributed by atoms with van der Waals surface area (Å²) in [6.45, 7) is 2.24. The lowest BCUT2D eigenvalue weighted by molar-refractivity contribution is -0.117. The number of phenols is 1. The maximum atomic E-state index is 12.4. The average Bonchev–Trinajstić information content (AvgIpc) is 2.67. The molecule has 27 heavy (non-hydrogen) atoms. The van der Waals surface area contributed by atoms with Crippen molar-refractivity contribution in [3.05, 3.63) is 65.4 Å². The maximum Gasteiger partial charge on any atom is 0.267 e. The minimum absolute atomic E-state index is 0.0131. The van der Waals surface area contributed by atoms with Gasteiger partial charge in [0.15, 0.2) is 0 Å². The molecule has 4 N–H and O–H groups in total. The van der Waals surface area contributed by atoms with Gasteiger partial charge in [-0.15, -0.1) is 0 Å². The number of aliphatic hydroxyl groups excluding tert-OH is 1. The predicted octanol–water partition coefficient (Wildman–Crippen LogP) is 1.67. The monoisotopic (exact) mass is 370 g/mol. The molecule has 0 heterocycles. The topological polar surface area (TPSA) is 108 Å². The molecule has 2 amide bonds. The van der Waals surface area contributed by atoms with E-state index in [2.05, 4.69) is 10.6 Å². The molecule has 0 aromatic heterocycles. The van der Waals surface area contributed by atoms with Gasteiger partial charge in [0, 0.05) is 6.54 Å². The van der Waals surface area contributed by atoms with Gasteiger partial charge in [-0.1, -0.05) is 24.3 Å². The quantitative estimate of drug-likeness (QED) is 0.529. The highest BCUT2D eigenvalue weighted by molar-refractivity contribution is 6.06. The van der Waals surface area contributed by atoms with Gasteiger partial charge in [0.25, 0.3) is 11.8 Å². The molecule has 0 atom stereocenters. The van der Waals surface area contributed by atoms with Gasteiger partial charge in [0.2, 0.25) is 0 Å². The van der Waals surface area contributed by atoms with Crippen LogP contribution in [0.2, 0.25) is 0 Å². The summed E-state index contributed by atoms with van der Waals surface area (Å²) in [7, 11) is 0. The zero-order valence-corrected chi connectivity index (χ0v) is 14.9. The summed E-state index contributed by atoms with van der Waals surface area (Å²) >= 11 is 0. The summed E-state index contributed by atoms with van der Waals surface area (Å²) < 4.78 is 5.38. The van der Waals surface area contributed by atoms with Crippen molar-refractivity contribution in [2.45, 2.75) is 6.92 Å². The first-order valence-electron chi connectivity index (χ1n) is 8.48. The molecule has 0 aliphatic rings. The Hall–Kier alpha value is -3.32. The molecule has 0 unspecified atom stereocenters. The van der Waals surface area contributed by atoms with Crippen LogP contribution in [0.5, 0.6) is 11.5 Å². The maximum absolute atomic E-state index is 12.4. The van der Waals surface area contributed by atoms with E-state index in [0.29, 0.717) is 17.9 Å². The van der Waals surface area contributed by atoms with E-state index in [0.717, 1.165) is 0 Å². The Kier molecular flexibility index (Phi) is 7.39. The van der Waals surface area contributed by atoms with E-state index in [1.54, 1.807) is 36.4 Å². The number of aromatic hydroxyl groups is 1. The number of hydrogen-bond acceptors (Lipinski definition) is 5. The summed E-state index contributed by atoms with van der Waals surface area (Å²) in [6, 6.07) is 13.0. The SMILES string of the molecule is CCOc1ccc(/C=C(/NC(=O)c2ccccc2O)C(=O)NCCO)cc1. The molecular weight excluding hydrogens is 348 g/mol. The number of nitrogens with one attached hydrogen (secondary N) is 2. The van der Waals surface area contributed by atoms with E-state index < -0.39 is 11.8 Å². The Bertz CT molecular complexity index is 815. The van der Waals surface area contributed by atoms with Gasteiger partial charge in [-0.05, 0) is 42.8 Å². The lowest BCUT2D eigenvalue weighted by Crippen LogP contribution is -2.36. The van der Waals surface area contributed by atoms with Crippen molar-refractivity contribution in [2.24, 2.45) is 0 Å². The third kappa shape index (κ3) is 5.86. The first kappa shape index (κ1) is 20.0. The number of ether oxygens (including phenoxy) is 1. The van der Waals surface area contributed by atoms with Crippen LogP contribution >= 0.6 is 0 Å². The normalized spacial score (nSPS) is 11.0. The number of amides is 2. The number of benzene rings is 2. The molecule has 0 bridgehead atoms. The van der Waals surface area contributed by atoms with Crippen LogP contribution in [0.3, 0.4) is 0 Å². The van der Waals surface area contributed by atoms with E-state index >= 15 is 0 Å².